The van der Waals surface area contributed by atoms with Crippen molar-refractivity contribution < 1.29 is 34.0 Å². The van der Waals surface area contributed by atoms with Crippen LogP contribution < -0.4 is 4.74 Å². The maximum Gasteiger partial charge on any atom is 0.306 e. The minimum atomic E-state index is -0.384. The molecule has 36 heavy (non-hydrogen) atoms. The van der Waals surface area contributed by atoms with Crippen molar-refractivity contribution in [3.63, 3.8) is 0 Å². The number of phenols is 2. The third kappa shape index (κ3) is 9.03. The van der Waals surface area contributed by atoms with E-state index in [1.54, 1.807) is 31.4 Å². The minimum Gasteiger partial charge on any atom is -0.508 e. The molecule has 0 unspecified atom stereocenters. The standard InChI is InChI=1S/C22H34O5.C7H8O2/c1-15-12-16(13-17(19(15)24)21(2,3)4)8-9-18(23)27-14-22(5,6)20-25-10-7-11-26-20;1-9-7-4-2-6(8)3-5-7/h12-13,20,24H,7-11,14H2,1-6H3;2-5,8H,1H3. The third-order valence-corrected chi connectivity index (χ3v) is 5.93. The number of aromatic hydroxyl groups is 2. The van der Waals surface area contributed by atoms with Gasteiger partial charge >= 0.3 is 5.97 Å². The first-order valence-corrected chi connectivity index (χ1v) is 12.4. The summed E-state index contributed by atoms with van der Waals surface area (Å²) in [6, 6.07) is 10.5. The lowest BCUT2D eigenvalue weighted by Crippen LogP contribution is -2.41. The molecular formula is C29H42O7. The Morgan fingerprint density at radius 3 is 2.19 bits per heavy atom. The van der Waals surface area contributed by atoms with Gasteiger partial charge in [-0.05, 0) is 66.1 Å². The summed E-state index contributed by atoms with van der Waals surface area (Å²) < 4.78 is 21.6. The number of carbonyl (C=O) groups is 1. The predicted molar refractivity (Wildman–Crippen MR) is 140 cm³/mol. The van der Waals surface area contributed by atoms with Gasteiger partial charge in [-0.25, -0.2) is 0 Å². The SMILES string of the molecule is COc1ccc(O)cc1.Cc1cc(CCC(=O)OCC(C)(C)C2OCCCO2)cc(C(C)(C)C)c1O. The summed E-state index contributed by atoms with van der Waals surface area (Å²) in [4.78, 5) is 12.2. The van der Waals surface area contributed by atoms with Crippen LogP contribution >= 0.6 is 0 Å². The maximum absolute atomic E-state index is 12.2. The number of phenolic OH excluding ortho intramolecular Hbond substituents is 2. The van der Waals surface area contributed by atoms with Gasteiger partial charge in [0.2, 0.25) is 0 Å². The Balaban J connectivity index is 0.000000425. The fourth-order valence-electron chi connectivity index (χ4n) is 3.74. The molecule has 2 N–H and O–H groups in total. The molecule has 1 heterocycles. The molecule has 0 atom stereocenters. The number of esters is 1. The second-order valence-corrected chi connectivity index (χ2v) is 10.8. The molecule has 0 spiro atoms. The summed E-state index contributed by atoms with van der Waals surface area (Å²) >= 11 is 0. The molecule has 7 heteroatoms. The van der Waals surface area contributed by atoms with Gasteiger partial charge in [0.05, 0.1) is 20.3 Å². The topological polar surface area (TPSA) is 94.5 Å². The Kier molecular flexibility index (Phi) is 10.6. The van der Waals surface area contributed by atoms with Crippen LogP contribution in [0.1, 0.15) is 64.2 Å². The van der Waals surface area contributed by atoms with E-state index in [2.05, 4.69) is 20.8 Å². The summed E-state index contributed by atoms with van der Waals surface area (Å²) in [6.07, 6.45) is 1.44. The van der Waals surface area contributed by atoms with Crippen LogP contribution in [0.3, 0.4) is 0 Å². The lowest BCUT2D eigenvalue weighted by atomic mass is 9.83. The molecule has 2 aromatic carbocycles. The second kappa shape index (κ2) is 13.0. The lowest BCUT2D eigenvalue weighted by Gasteiger charge is -2.35. The van der Waals surface area contributed by atoms with Crippen molar-refractivity contribution in [1.82, 2.24) is 0 Å². The molecule has 1 saturated heterocycles. The molecule has 2 aromatic rings. The summed E-state index contributed by atoms with van der Waals surface area (Å²) in [5, 5.41) is 19.1. The van der Waals surface area contributed by atoms with Gasteiger partial charge in [0.15, 0.2) is 6.29 Å². The maximum atomic E-state index is 12.2. The van der Waals surface area contributed by atoms with Crippen molar-refractivity contribution in [3.05, 3.63) is 53.1 Å². The highest BCUT2D eigenvalue weighted by molar-refractivity contribution is 5.69. The second-order valence-electron chi connectivity index (χ2n) is 10.8. The first-order chi connectivity index (χ1) is 16.8. The van der Waals surface area contributed by atoms with Crippen LogP contribution in [0, 0.1) is 12.3 Å². The molecule has 200 valence electrons. The molecule has 0 aliphatic carbocycles. The van der Waals surface area contributed by atoms with Gasteiger partial charge in [-0.3, -0.25) is 4.79 Å². The number of hydrogen-bond donors (Lipinski definition) is 2. The zero-order valence-corrected chi connectivity index (χ0v) is 22.7. The van der Waals surface area contributed by atoms with Crippen LogP contribution in [0.4, 0.5) is 0 Å². The zero-order valence-electron chi connectivity index (χ0n) is 22.7. The predicted octanol–water partition coefficient (Wildman–Crippen LogP) is 5.66. The quantitative estimate of drug-likeness (QED) is 0.472. The van der Waals surface area contributed by atoms with Crippen LogP contribution in [-0.4, -0.2) is 49.4 Å². The number of ether oxygens (including phenoxy) is 4. The number of aryl methyl sites for hydroxylation is 2. The highest BCUT2D eigenvalue weighted by atomic mass is 16.7. The van der Waals surface area contributed by atoms with Crippen molar-refractivity contribution in [2.75, 3.05) is 26.9 Å². The van der Waals surface area contributed by atoms with E-state index in [0.29, 0.717) is 31.8 Å². The Hall–Kier alpha value is -2.77. The van der Waals surface area contributed by atoms with E-state index >= 15 is 0 Å². The average Bonchev–Trinajstić information content (AvgIpc) is 2.84. The van der Waals surface area contributed by atoms with E-state index < -0.39 is 0 Å². The summed E-state index contributed by atoms with van der Waals surface area (Å²) in [7, 11) is 1.59. The van der Waals surface area contributed by atoms with Crippen molar-refractivity contribution in [2.45, 2.75) is 72.5 Å². The number of carbonyl (C=O) groups excluding carboxylic acids is 1. The molecule has 7 nitrogen and oxygen atoms in total. The first-order valence-electron chi connectivity index (χ1n) is 12.4. The van der Waals surface area contributed by atoms with E-state index in [9.17, 15) is 9.90 Å². The zero-order chi connectivity index (χ0) is 26.9. The van der Waals surface area contributed by atoms with Crippen molar-refractivity contribution in [2.24, 2.45) is 5.41 Å². The van der Waals surface area contributed by atoms with Gasteiger partial charge in [0.25, 0.3) is 0 Å². The van der Waals surface area contributed by atoms with Crippen LogP contribution in [0.25, 0.3) is 0 Å². The van der Waals surface area contributed by atoms with E-state index in [1.807, 2.05) is 32.9 Å². The van der Waals surface area contributed by atoms with Crippen LogP contribution in [0.15, 0.2) is 36.4 Å². The minimum absolute atomic E-state index is 0.157. The molecule has 0 saturated carbocycles. The molecule has 0 radical (unpaired) electrons. The van der Waals surface area contributed by atoms with E-state index in [4.69, 9.17) is 24.1 Å². The van der Waals surface area contributed by atoms with Crippen LogP contribution in [0.5, 0.6) is 17.2 Å². The Morgan fingerprint density at radius 2 is 1.64 bits per heavy atom. The van der Waals surface area contributed by atoms with Crippen molar-refractivity contribution >= 4 is 5.97 Å². The fraction of sp³-hybridized carbons (Fsp3) is 0.552. The summed E-state index contributed by atoms with van der Waals surface area (Å²) in [5.74, 6) is 1.12. The third-order valence-electron chi connectivity index (χ3n) is 5.93. The fourth-order valence-corrected chi connectivity index (χ4v) is 3.74. The normalized spacial score (nSPS) is 14.5. The highest BCUT2D eigenvalue weighted by Crippen LogP contribution is 2.34. The van der Waals surface area contributed by atoms with Gasteiger partial charge < -0.3 is 29.2 Å². The summed E-state index contributed by atoms with van der Waals surface area (Å²) in [5.41, 5.74) is 2.22. The van der Waals surface area contributed by atoms with Gasteiger partial charge in [0, 0.05) is 11.8 Å². The van der Waals surface area contributed by atoms with Crippen LogP contribution in [0.2, 0.25) is 0 Å². The Labute approximate surface area is 215 Å². The number of methoxy groups -OCH3 is 1. The van der Waals surface area contributed by atoms with Crippen molar-refractivity contribution in [1.29, 1.82) is 0 Å². The Bertz CT molecular complexity index is 968. The molecule has 0 aromatic heterocycles. The Morgan fingerprint density at radius 1 is 1.03 bits per heavy atom. The molecule has 0 bridgehead atoms. The summed E-state index contributed by atoms with van der Waals surface area (Å²) in [6.45, 7) is 13.7. The molecule has 1 aliphatic heterocycles. The highest BCUT2D eigenvalue weighted by Gasteiger charge is 2.34. The number of benzene rings is 2. The van der Waals surface area contributed by atoms with E-state index in [-0.39, 0.29) is 35.4 Å². The van der Waals surface area contributed by atoms with Crippen LogP contribution in [-0.2, 0) is 30.8 Å². The van der Waals surface area contributed by atoms with Gasteiger partial charge in [-0.15, -0.1) is 0 Å². The molecular weight excluding hydrogens is 460 g/mol. The first kappa shape index (κ1) is 29.5. The number of rotatable bonds is 7. The van der Waals surface area contributed by atoms with Gasteiger partial charge in [-0.2, -0.15) is 0 Å². The van der Waals surface area contributed by atoms with Crippen molar-refractivity contribution in [3.8, 4) is 17.2 Å². The smallest absolute Gasteiger partial charge is 0.306 e. The molecule has 0 amide bonds. The lowest BCUT2D eigenvalue weighted by molar-refractivity contribution is -0.237. The van der Waals surface area contributed by atoms with Gasteiger partial charge in [0.1, 0.15) is 23.9 Å². The monoisotopic (exact) mass is 502 g/mol. The average molecular weight is 503 g/mol. The molecule has 1 fully saturated rings. The largest absolute Gasteiger partial charge is 0.508 e. The van der Waals surface area contributed by atoms with Gasteiger partial charge in [-0.1, -0.05) is 46.8 Å². The number of hydrogen-bond acceptors (Lipinski definition) is 7. The molecule has 3 rings (SSSR count). The van der Waals surface area contributed by atoms with E-state index in [0.717, 1.165) is 28.9 Å². The molecule has 1 aliphatic rings. The van der Waals surface area contributed by atoms with E-state index in [1.165, 1.54) is 0 Å².